The van der Waals surface area contributed by atoms with Crippen molar-refractivity contribution < 1.29 is 32.5 Å². The Morgan fingerprint density at radius 2 is 1.88 bits per heavy atom. The van der Waals surface area contributed by atoms with E-state index in [-0.39, 0.29) is 30.3 Å². The van der Waals surface area contributed by atoms with Gasteiger partial charge in [0.15, 0.2) is 12.1 Å². The predicted octanol–water partition coefficient (Wildman–Crippen LogP) is 5.36. The molecule has 0 aliphatic carbocycles. The molecule has 2 aliphatic rings. The van der Waals surface area contributed by atoms with Gasteiger partial charge >= 0.3 is 0 Å². The third-order valence-corrected chi connectivity index (χ3v) is 5.59. The zero-order valence-electron chi connectivity index (χ0n) is 18.7. The van der Waals surface area contributed by atoms with Crippen LogP contribution in [0.5, 0.6) is 11.5 Å². The molecule has 0 bridgehead atoms. The molecule has 0 radical (unpaired) electrons. The van der Waals surface area contributed by atoms with E-state index in [1.165, 1.54) is 6.07 Å². The van der Waals surface area contributed by atoms with Gasteiger partial charge in [0, 0.05) is 28.9 Å². The summed E-state index contributed by atoms with van der Waals surface area (Å²) in [6, 6.07) is 13.4. The highest BCUT2D eigenvalue weighted by Gasteiger charge is 2.33. The molecule has 0 amide bonds. The van der Waals surface area contributed by atoms with Crippen molar-refractivity contribution >= 4 is 17.2 Å². The lowest BCUT2D eigenvalue weighted by atomic mass is 9.98. The van der Waals surface area contributed by atoms with Crippen molar-refractivity contribution in [2.24, 2.45) is 0 Å². The fraction of sp³-hybridized carbons (Fsp3) is 0.269. The monoisotopic (exact) mass is 467 g/mol. The number of benzene rings is 3. The Kier molecular flexibility index (Phi) is 5.71. The number of hydrogen-bond donors (Lipinski definition) is 1. The van der Waals surface area contributed by atoms with Gasteiger partial charge in [0.1, 0.15) is 36.3 Å². The quantitative estimate of drug-likeness (QED) is 0.545. The molecule has 34 heavy (non-hydrogen) atoms. The first-order valence-electron chi connectivity index (χ1n) is 10.9. The van der Waals surface area contributed by atoms with Crippen LogP contribution < -0.4 is 14.8 Å². The molecule has 0 unspecified atom stereocenters. The van der Waals surface area contributed by atoms with E-state index in [2.05, 4.69) is 5.32 Å². The molecule has 3 aromatic carbocycles. The van der Waals surface area contributed by atoms with E-state index in [0.717, 1.165) is 12.1 Å². The highest BCUT2D eigenvalue weighted by molar-refractivity contribution is 6.12. The molecule has 1 fully saturated rings. The fourth-order valence-corrected chi connectivity index (χ4v) is 3.92. The number of anilines is 2. The van der Waals surface area contributed by atoms with Crippen molar-refractivity contribution in [1.29, 1.82) is 0 Å². The lowest BCUT2D eigenvalue weighted by molar-refractivity contribution is -0.0990. The Hall–Kier alpha value is -3.49. The number of fused-ring (bicyclic) bond motifs is 2. The van der Waals surface area contributed by atoms with E-state index in [4.69, 9.17) is 18.9 Å². The third-order valence-electron chi connectivity index (χ3n) is 5.59. The van der Waals surface area contributed by atoms with Crippen LogP contribution in [0.3, 0.4) is 0 Å². The van der Waals surface area contributed by atoms with Gasteiger partial charge in [0.2, 0.25) is 0 Å². The SMILES string of the molecule is CC1(C)CO[C@@H](COc2ccc3c(c2)COc2cc(Nc4ccc(F)cc4F)ccc2C3=O)O1. The molecular weight excluding hydrogens is 444 g/mol. The Morgan fingerprint density at radius 1 is 1.06 bits per heavy atom. The zero-order valence-corrected chi connectivity index (χ0v) is 18.7. The first kappa shape index (κ1) is 22.3. The van der Waals surface area contributed by atoms with Crippen LogP contribution >= 0.6 is 0 Å². The standard InChI is InChI=1S/C26H23F2NO5/c1-26(2)14-33-24(34-26)13-31-18-5-7-19-15(9-18)12-32-23-11-17(4-6-20(23)25(19)30)29-22-8-3-16(27)10-21(22)28/h3-11,24,29H,12-14H2,1-2H3/t24-/m1/s1. The summed E-state index contributed by atoms with van der Waals surface area (Å²) in [6.07, 6.45) is -0.451. The van der Waals surface area contributed by atoms with Crippen LogP contribution in [-0.4, -0.2) is 30.9 Å². The van der Waals surface area contributed by atoms with Crippen LogP contribution in [0.1, 0.15) is 35.3 Å². The van der Waals surface area contributed by atoms with Crippen LogP contribution in [0.15, 0.2) is 54.6 Å². The number of ketones is 1. The maximum absolute atomic E-state index is 14.0. The Bertz CT molecular complexity index is 1260. The van der Waals surface area contributed by atoms with Crippen molar-refractivity contribution in [3.8, 4) is 11.5 Å². The van der Waals surface area contributed by atoms with Crippen molar-refractivity contribution in [2.45, 2.75) is 32.3 Å². The van der Waals surface area contributed by atoms with Crippen LogP contribution in [0.25, 0.3) is 0 Å². The second kappa shape index (κ2) is 8.70. The van der Waals surface area contributed by atoms with E-state index in [0.29, 0.717) is 40.5 Å². The number of carbonyl (C=O) groups is 1. The van der Waals surface area contributed by atoms with E-state index < -0.39 is 17.9 Å². The van der Waals surface area contributed by atoms with Crippen LogP contribution in [0.4, 0.5) is 20.2 Å². The van der Waals surface area contributed by atoms with E-state index in [1.54, 1.807) is 36.4 Å². The summed E-state index contributed by atoms with van der Waals surface area (Å²) in [5.74, 6) is -0.618. The van der Waals surface area contributed by atoms with Gasteiger partial charge in [-0.05, 0) is 56.3 Å². The van der Waals surface area contributed by atoms with E-state index >= 15 is 0 Å². The second-order valence-electron chi connectivity index (χ2n) is 8.83. The number of nitrogens with one attached hydrogen (secondary N) is 1. The molecule has 176 valence electrons. The van der Waals surface area contributed by atoms with Crippen molar-refractivity contribution in [3.63, 3.8) is 0 Å². The molecule has 0 saturated carbocycles. The maximum Gasteiger partial charge on any atom is 0.197 e. The summed E-state index contributed by atoms with van der Waals surface area (Å²) in [4.78, 5) is 13.2. The van der Waals surface area contributed by atoms with Gasteiger partial charge in [0.05, 0.1) is 23.5 Å². The van der Waals surface area contributed by atoms with Gasteiger partial charge in [-0.1, -0.05) is 0 Å². The van der Waals surface area contributed by atoms with E-state index in [1.807, 2.05) is 13.8 Å². The van der Waals surface area contributed by atoms with Crippen molar-refractivity contribution in [1.82, 2.24) is 0 Å². The van der Waals surface area contributed by atoms with Gasteiger partial charge < -0.3 is 24.3 Å². The molecule has 1 N–H and O–H groups in total. The Morgan fingerprint density at radius 3 is 2.65 bits per heavy atom. The first-order valence-corrected chi connectivity index (χ1v) is 10.9. The van der Waals surface area contributed by atoms with E-state index in [9.17, 15) is 13.6 Å². The largest absolute Gasteiger partial charge is 0.488 e. The van der Waals surface area contributed by atoms with Crippen LogP contribution in [-0.2, 0) is 16.1 Å². The minimum absolute atomic E-state index is 0.116. The summed E-state index contributed by atoms with van der Waals surface area (Å²) >= 11 is 0. The molecule has 3 aromatic rings. The average Bonchev–Trinajstić information content (AvgIpc) is 3.09. The van der Waals surface area contributed by atoms with Gasteiger partial charge in [-0.25, -0.2) is 8.78 Å². The molecule has 5 rings (SSSR count). The summed E-state index contributed by atoms with van der Waals surface area (Å²) in [6.45, 7) is 4.78. The molecule has 0 spiro atoms. The molecule has 1 saturated heterocycles. The Labute approximate surface area is 195 Å². The molecule has 6 nitrogen and oxygen atoms in total. The second-order valence-corrected chi connectivity index (χ2v) is 8.83. The normalized spacial score (nSPS) is 18.5. The minimum atomic E-state index is -0.719. The third kappa shape index (κ3) is 4.60. The van der Waals surface area contributed by atoms with Gasteiger partial charge in [-0.15, -0.1) is 0 Å². The molecule has 2 heterocycles. The van der Waals surface area contributed by atoms with Gasteiger partial charge in [-0.2, -0.15) is 0 Å². The molecule has 8 heteroatoms. The Balaban J connectivity index is 1.32. The summed E-state index contributed by atoms with van der Waals surface area (Å²) in [5, 5.41) is 2.89. The van der Waals surface area contributed by atoms with Crippen LogP contribution in [0, 0.1) is 11.6 Å². The molecule has 1 atom stereocenters. The van der Waals surface area contributed by atoms with Crippen molar-refractivity contribution in [3.05, 3.63) is 82.9 Å². The maximum atomic E-state index is 14.0. The van der Waals surface area contributed by atoms with Crippen molar-refractivity contribution in [2.75, 3.05) is 18.5 Å². The van der Waals surface area contributed by atoms with Gasteiger partial charge in [-0.3, -0.25) is 4.79 Å². The lowest BCUT2D eigenvalue weighted by Crippen LogP contribution is -2.25. The fourth-order valence-electron chi connectivity index (χ4n) is 3.92. The van der Waals surface area contributed by atoms with Crippen LogP contribution in [0.2, 0.25) is 0 Å². The van der Waals surface area contributed by atoms with Gasteiger partial charge in [0.25, 0.3) is 0 Å². The zero-order chi connectivity index (χ0) is 23.9. The number of carbonyl (C=O) groups excluding carboxylic acids is 1. The highest BCUT2D eigenvalue weighted by Crippen LogP contribution is 2.34. The minimum Gasteiger partial charge on any atom is -0.488 e. The number of ether oxygens (including phenoxy) is 4. The number of rotatable bonds is 5. The average molecular weight is 467 g/mol. The lowest BCUT2D eigenvalue weighted by Gasteiger charge is -2.16. The molecule has 2 aliphatic heterocycles. The number of halogens is 2. The smallest absolute Gasteiger partial charge is 0.197 e. The molecule has 0 aromatic heterocycles. The number of hydrogen-bond acceptors (Lipinski definition) is 6. The topological polar surface area (TPSA) is 66.0 Å². The highest BCUT2D eigenvalue weighted by atomic mass is 19.1. The summed E-state index contributed by atoms with van der Waals surface area (Å²) < 4.78 is 50.2. The first-order chi connectivity index (χ1) is 16.3. The summed E-state index contributed by atoms with van der Waals surface area (Å²) in [5.41, 5.74) is 1.88. The molecular formula is C26H23F2NO5. The summed E-state index contributed by atoms with van der Waals surface area (Å²) in [7, 11) is 0. The predicted molar refractivity (Wildman–Crippen MR) is 121 cm³/mol.